The van der Waals surface area contributed by atoms with Crippen LogP contribution >= 0.6 is 0 Å². The van der Waals surface area contributed by atoms with Gasteiger partial charge in [-0.2, -0.15) is 0 Å². The predicted molar refractivity (Wildman–Crippen MR) is 63.3 cm³/mol. The molecule has 2 unspecified atom stereocenters. The fourth-order valence-electron chi connectivity index (χ4n) is 3.31. The van der Waals surface area contributed by atoms with Crippen molar-refractivity contribution in [2.75, 3.05) is 13.1 Å². The van der Waals surface area contributed by atoms with E-state index in [0.29, 0.717) is 17.4 Å². The average molecular weight is 225 g/mol. The van der Waals surface area contributed by atoms with E-state index in [4.69, 9.17) is 5.11 Å². The molecule has 16 heavy (non-hydrogen) atoms. The smallest absolute Gasteiger partial charge is 0.306 e. The molecule has 2 atom stereocenters. The van der Waals surface area contributed by atoms with Crippen LogP contribution in [-0.2, 0) is 4.79 Å². The van der Waals surface area contributed by atoms with Crippen molar-refractivity contribution in [1.82, 2.24) is 4.90 Å². The fraction of sp³-hybridized carbons (Fsp3) is 0.923. The standard InChI is InChI=1S/C13H23NO2/c1-9(12(15)16)10-7-14(8-10)11-5-4-6-13(11,2)3/h9-11H,4-8H2,1-3H3,(H,15,16). The molecule has 1 saturated carbocycles. The van der Waals surface area contributed by atoms with E-state index in [1.807, 2.05) is 6.92 Å². The van der Waals surface area contributed by atoms with E-state index in [-0.39, 0.29) is 5.92 Å². The molecule has 1 aliphatic heterocycles. The number of carboxylic acids is 1. The van der Waals surface area contributed by atoms with Gasteiger partial charge in [0.05, 0.1) is 5.92 Å². The predicted octanol–water partition coefficient (Wildman–Crippen LogP) is 2.22. The Labute approximate surface area is 97.8 Å². The topological polar surface area (TPSA) is 40.5 Å². The van der Waals surface area contributed by atoms with Gasteiger partial charge in [-0.15, -0.1) is 0 Å². The van der Waals surface area contributed by atoms with Crippen molar-refractivity contribution < 1.29 is 9.90 Å². The van der Waals surface area contributed by atoms with Crippen LogP contribution in [0.25, 0.3) is 0 Å². The summed E-state index contributed by atoms with van der Waals surface area (Å²) < 4.78 is 0. The van der Waals surface area contributed by atoms with Crippen molar-refractivity contribution in [3.63, 3.8) is 0 Å². The molecule has 2 fully saturated rings. The number of nitrogens with zero attached hydrogens (tertiary/aromatic N) is 1. The Morgan fingerprint density at radius 1 is 1.44 bits per heavy atom. The minimum Gasteiger partial charge on any atom is -0.481 e. The molecule has 1 N–H and O–H groups in total. The maximum absolute atomic E-state index is 10.9. The Morgan fingerprint density at radius 2 is 2.06 bits per heavy atom. The lowest BCUT2D eigenvalue weighted by molar-refractivity contribution is -0.146. The van der Waals surface area contributed by atoms with Crippen molar-refractivity contribution in [2.45, 2.75) is 46.1 Å². The fourth-order valence-corrected chi connectivity index (χ4v) is 3.31. The highest BCUT2D eigenvalue weighted by molar-refractivity contribution is 5.70. The van der Waals surface area contributed by atoms with Crippen LogP contribution in [0.3, 0.4) is 0 Å². The monoisotopic (exact) mass is 225 g/mol. The van der Waals surface area contributed by atoms with Crippen molar-refractivity contribution in [3.05, 3.63) is 0 Å². The van der Waals surface area contributed by atoms with Crippen molar-refractivity contribution in [2.24, 2.45) is 17.3 Å². The Balaban J connectivity index is 1.87. The zero-order valence-corrected chi connectivity index (χ0v) is 10.6. The van der Waals surface area contributed by atoms with Gasteiger partial charge in [0, 0.05) is 19.1 Å². The van der Waals surface area contributed by atoms with Crippen LogP contribution in [0.1, 0.15) is 40.0 Å². The minimum atomic E-state index is -0.643. The summed E-state index contributed by atoms with van der Waals surface area (Å²) in [7, 11) is 0. The molecule has 0 aromatic carbocycles. The first-order chi connectivity index (χ1) is 7.42. The van der Waals surface area contributed by atoms with E-state index in [1.54, 1.807) is 0 Å². The maximum atomic E-state index is 10.9. The van der Waals surface area contributed by atoms with E-state index in [9.17, 15) is 4.79 Å². The first-order valence-electron chi connectivity index (χ1n) is 6.38. The molecule has 0 amide bonds. The third kappa shape index (κ3) is 1.97. The summed E-state index contributed by atoms with van der Waals surface area (Å²) >= 11 is 0. The molecule has 0 aromatic heterocycles. The van der Waals surface area contributed by atoms with E-state index < -0.39 is 5.97 Å². The molecule has 0 bridgehead atoms. The van der Waals surface area contributed by atoms with Crippen LogP contribution in [-0.4, -0.2) is 35.1 Å². The summed E-state index contributed by atoms with van der Waals surface area (Å²) in [4.78, 5) is 13.4. The second-order valence-corrected chi connectivity index (χ2v) is 6.24. The Hall–Kier alpha value is -0.570. The summed E-state index contributed by atoms with van der Waals surface area (Å²) in [5.41, 5.74) is 0.428. The highest BCUT2D eigenvalue weighted by Crippen LogP contribution is 2.43. The van der Waals surface area contributed by atoms with Gasteiger partial charge < -0.3 is 5.11 Å². The number of rotatable bonds is 3. The molecule has 3 heteroatoms. The molecule has 92 valence electrons. The zero-order chi connectivity index (χ0) is 11.9. The summed E-state index contributed by atoms with van der Waals surface area (Å²) in [6, 6.07) is 0.685. The second-order valence-electron chi connectivity index (χ2n) is 6.24. The van der Waals surface area contributed by atoms with Crippen LogP contribution in [0.4, 0.5) is 0 Å². The molecular weight excluding hydrogens is 202 g/mol. The lowest BCUT2D eigenvalue weighted by Gasteiger charge is -2.48. The molecule has 0 spiro atoms. The van der Waals surface area contributed by atoms with Gasteiger partial charge in [-0.25, -0.2) is 0 Å². The van der Waals surface area contributed by atoms with Gasteiger partial charge in [-0.05, 0) is 24.2 Å². The number of hydrogen-bond donors (Lipinski definition) is 1. The first-order valence-corrected chi connectivity index (χ1v) is 6.38. The van der Waals surface area contributed by atoms with Gasteiger partial charge in [-0.3, -0.25) is 9.69 Å². The van der Waals surface area contributed by atoms with Gasteiger partial charge >= 0.3 is 5.97 Å². The zero-order valence-electron chi connectivity index (χ0n) is 10.6. The second kappa shape index (κ2) is 4.02. The molecule has 2 aliphatic rings. The third-order valence-corrected chi connectivity index (χ3v) is 4.68. The summed E-state index contributed by atoms with van der Waals surface area (Å²) in [6.45, 7) is 8.50. The largest absolute Gasteiger partial charge is 0.481 e. The molecule has 1 aliphatic carbocycles. The van der Waals surface area contributed by atoms with Crippen LogP contribution < -0.4 is 0 Å². The molecule has 1 saturated heterocycles. The van der Waals surface area contributed by atoms with E-state index in [2.05, 4.69) is 18.7 Å². The van der Waals surface area contributed by atoms with Gasteiger partial charge in [0.15, 0.2) is 0 Å². The van der Waals surface area contributed by atoms with Gasteiger partial charge in [-0.1, -0.05) is 27.2 Å². The minimum absolute atomic E-state index is 0.180. The first kappa shape index (κ1) is 11.9. The third-order valence-electron chi connectivity index (χ3n) is 4.68. The van der Waals surface area contributed by atoms with Crippen LogP contribution in [0.2, 0.25) is 0 Å². The Kier molecular flexibility index (Phi) is 2.99. The Morgan fingerprint density at radius 3 is 2.50 bits per heavy atom. The average Bonchev–Trinajstić information content (AvgIpc) is 2.43. The van der Waals surface area contributed by atoms with Crippen LogP contribution in [0.5, 0.6) is 0 Å². The molecule has 0 radical (unpaired) electrons. The lowest BCUT2D eigenvalue weighted by Crippen LogP contribution is -2.57. The molecule has 2 rings (SSSR count). The number of likely N-dealkylation sites (tertiary alicyclic amines) is 1. The Bertz CT molecular complexity index is 282. The van der Waals surface area contributed by atoms with Gasteiger partial charge in [0.2, 0.25) is 0 Å². The van der Waals surface area contributed by atoms with Gasteiger partial charge in [0.1, 0.15) is 0 Å². The van der Waals surface area contributed by atoms with Gasteiger partial charge in [0.25, 0.3) is 0 Å². The molecule has 1 heterocycles. The maximum Gasteiger partial charge on any atom is 0.306 e. The number of aliphatic carboxylic acids is 1. The van der Waals surface area contributed by atoms with E-state index in [0.717, 1.165) is 13.1 Å². The van der Waals surface area contributed by atoms with Crippen molar-refractivity contribution in [1.29, 1.82) is 0 Å². The SMILES string of the molecule is CC(C(=O)O)C1CN(C2CCCC2(C)C)C1. The number of hydrogen-bond acceptors (Lipinski definition) is 2. The molecule has 3 nitrogen and oxygen atoms in total. The van der Waals surface area contributed by atoms with E-state index >= 15 is 0 Å². The summed E-state index contributed by atoms with van der Waals surface area (Å²) in [5.74, 6) is -0.454. The number of carbonyl (C=O) groups is 1. The normalized spacial score (nSPS) is 32.3. The van der Waals surface area contributed by atoms with Crippen molar-refractivity contribution in [3.8, 4) is 0 Å². The summed E-state index contributed by atoms with van der Waals surface area (Å²) in [5, 5.41) is 8.95. The van der Waals surface area contributed by atoms with E-state index in [1.165, 1.54) is 19.3 Å². The van der Waals surface area contributed by atoms with Crippen LogP contribution in [0.15, 0.2) is 0 Å². The summed E-state index contributed by atoms with van der Waals surface area (Å²) in [6.07, 6.45) is 3.93. The quantitative estimate of drug-likeness (QED) is 0.800. The van der Waals surface area contributed by atoms with Crippen LogP contribution in [0, 0.1) is 17.3 Å². The number of carboxylic acid groups (broad SMARTS) is 1. The highest BCUT2D eigenvalue weighted by Gasteiger charge is 2.45. The molecule has 0 aromatic rings. The highest BCUT2D eigenvalue weighted by atomic mass is 16.4. The van der Waals surface area contributed by atoms with Crippen molar-refractivity contribution >= 4 is 5.97 Å². The lowest BCUT2D eigenvalue weighted by atomic mass is 9.80. The molecular formula is C13H23NO2.